The van der Waals surface area contributed by atoms with Gasteiger partial charge in [-0.2, -0.15) is 0 Å². The molecule has 0 bridgehead atoms. The highest BCUT2D eigenvalue weighted by atomic mass is 79.9. The van der Waals surface area contributed by atoms with E-state index < -0.39 is 0 Å². The molecular formula is C17H23BrN2O2. The van der Waals surface area contributed by atoms with Gasteiger partial charge in [-0.3, -0.25) is 4.79 Å². The van der Waals surface area contributed by atoms with E-state index in [-0.39, 0.29) is 5.91 Å². The Hall–Kier alpha value is -0.910. The third kappa shape index (κ3) is 4.31. The van der Waals surface area contributed by atoms with Crippen LogP contribution >= 0.6 is 15.9 Å². The molecule has 0 aliphatic carbocycles. The summed E-state index contributed by atoms with van der Waals surface area (Å²) in [6.07, 6.45) is 3.26. The fourth-order valence-corrected chi connectivity index (χ4v) is 3.65. The third-order valence-corrected chi connectivity index (χ3v) is 5.04. The Bertz CT molecular complexity index is 509. The molecule has 2 saturated heterocycles. The molecule has 0 unspecified atom stereocenters. The number of benzene rings is 1. The molecule has 0 radical (unpaired) electrons. The van der Waals surface area contributed by atoms with Crippen molar-refractivity contribution >= 4 is 21.8 Å². The average molecular weight is 367 g/mol. The summed E-state index contributed by atoms with van der Waals surface area (Å²) in [7, 11) is 0. The van der Waals surface area contributed by atoms with Crippen molar-refractivity contribution in [1.29, 1.82) is 0 Å². The quantitative estimate of drug-likeness (QED) is 0.890. The molecule has 1 aromatic carbocycles. The molecule has 1 atom stereocenters. The van der Waals surface area contributed by atoms with Gasteiger partial charge in [-0.05, 0) is 43.4 Å². The summed E-state index contributed by atoms with van der Waals surface area (Å²) in [5, 5.41) is 3.17. The number of rotatable bonds is 4. The summed E-state index contributed by atoms with van der Waals surface area (Å²) in [6.45, 7) is 5.12. The van der Waals surface area contributed by atoms with E-state index in [0.717, 1.165) is 55.7 Å². The second-order valence-electron chi connectivity index (χ2n) is 6.29. The van der Waals surface area contributed by atoms with Crippen LogP contribution in [0.1, 0.15) is 29.6 Å². The van der Waals surface area contributed by atoms with Gasteiger partial charge in [-0.1, -0.05) is 22.0 Å². The number of ether oxygens (including phenoxy) is 1. The second-order valence-corrected chi connectivity index (χ2v) is 7.20. The molecule has 5 heteroatoms. The Morgan fingerprint density at radius 2 is 2.14 bits per heavy atom. The molecule has 1 amide bonds. The SMILES string of the molecule is O=C(NC1CCN(C[C@H]2CCOC2)CC1)c1cccc(Br)c1. The Balaban J connectivity index is 1.44. The van der Waals surface area contributed by atoms with Gasteiger partial charge in [0.1, 0.15) is 0 Å². The molecule has 4 nitrogen and oxygen atoms in total. The lowest BCUT2D eigenvalue weighted by molar-refractivity contribution is 0.0903. The first-order valence-electron chi connectivity index (χ1n) is 8.07. The summed E-state index contributed by atoms with van der Waals surface area (Å²) < 4.78 is 6.38. The van der Waals surface area contributed by atoms with E-state index in [2.05, 4.69) is 26.1 Å². The Morgan fingerprint density at radius 1 is 1.32 bits per heavy atom. The molecule has 2 fully saturated rings. The van der Waals surface area contributed by atoms with E-state index in [9.17, 15) is 4.79 Å². The van der Waals surface area contributed by atoms with Gasteiger partial charge < -0.3 is 15.0 Å². The maximum Gasteiger partial charge on any atom is 0.251 e. The van der Waals surface area contributed by atoms with E-state index in [4.69, 9.17) is 4.74 Å². The van der Waals surface area contributed by atoms with Crippen molar-refractivity contribution in [3.63, 3.8) is 0 Å². The predicted octanol–water partition coefficient (Wildman–Crippen LogP) is 2.68. The number of carbonyl (C=O) groups excluding carboxylic acids is 1. The highest BCUT2D eigenvalue weighted by molar-refractivity contribution is 9.10. The zero-order valence-corrected chi connectivity index (χ0v) is 14.3. The fraction of sp³-hybridized carbons (Fsp3) is 0.588. The van der Waals surface area contributed by atoms with E-state index in [0.29, 0.717) is 12.0 Å². The van der Waals surface area contributed by atoms with Crippen LogP contribution in [0, 0.1) is 5.92 Å². The Labute approximate surface area is 140 Å². The predicted molar refractivity (Wildman–Crippen MR) is 90.0 cm³/mol. The molecule has 2 aliphatic rings. The van der Waals surface area contributed by atoms with Gasteiger partial charge in [0.2, 0.25) is 0 Å². The molecule has 2 heterocycles. The summed E-state index contributed by atoms with van der Waals surface area (Å²) in [5.74, 6) is 0.733. The van der Waals surface area contributed by atoms with Crippen molar-refractivity contribution in [3.05, 3.63) is 34.3 Å². The summed E-state index contributed by atoms with van der Waals surface area (Å²) in [6, 6.07) is 7.84. The number of nitrogens with one attached hydrogen (secondary N) is 1. The van der Waals surface area contributed by atoms with Gasteiger partial charge in [-0.25, -0.2) is 0 Å². The molecule has 0 saturated carbocycles. The first-order chi connectivity index (χ1) is 10.7. The maximum atomic E-state index is 12.3. The number of hydrogen-bond donors (Lipinski definition) is 1. The zero-order chi connectivity index (χ0) is 15.4. The number of hydrogen-bond acceptors (Lipinski definition) is 3. The largest absolute Gasteiger partial charge is 0.381 e. The van der Waals surface area contributed by atoms with Crippen molar-refractivity contribution in [1.82, 2.24) is 10.2 Å². The molecule has 120 valence electrons. The highest BCUT2D eigenvalue weighted by Crippen LogP contribution is 2.18. The fourth-order valence-electron chi connectivity index (χ4n) is 3.25. The van der Waals surface area contributed by atoms with Gasteiger partial charge in [0, 0.05) is 42.3 Å². The van der Waals surface area contributed by atoms with Crippen molar-refractivity contribution < 1.29 is 9.53 Å². The monoisotopic (exact) mass is 366 g/mol. The van der Waals surface area contributed by atoms with E-state index in [1.807, 2.05) is 24.3 Å². The third-order valence-electron chi connectivity index (χ3n) is 4.55. The van der Waals surface area contributed by atoms with Crippen LogP contribution in [-0.4, -0.2) is 49.7 Å². The van der Waals surface area contributed by atoms with Gasteiger partial charge in [0.05, 0.1) is 6.61 Å². The van der Waals surface area contributed by atoms with Gasteiger partial charge >= 0.3 is 0 Å². The zero-order valence-electron chi connectivity index (χ0n) is 12.8. The van der Waals surface area contributed by atoms with Crippen LogP contribution in [-0.2, 0) is 4.74 Å². The molecule has 0 spiro atoms. The van der Waals surface area contributed by atoms with Gasteiger partial charge in [-0.15, -0.1) is 0 Å². The van der Waals surface area contributed by atoms with Crippen LogP contribution < -0.4 is 5.32 Å². The van der Waals surface area contributed by atoms with Crippen molar-refractivity contribution in [2.75, 3.05) is 32.8 Å². The molecule has 0 aromatic heterocycles. The lowest BCUT2D eigenvalue weighted by atomic mass is 10.0. The number of likely N-dealkylation sites (tertiary alicyclic amines) is 1. The standard InChI is InChI=1S/C17H23BrN2O2/c18-15-3-1-2-14(10-15)17(21)19-16-4-7-20(8-5-16)11-13-6-9-22-12-13/h1-3,10,13,16H,4-9,11-12H2,(H,19,21)/t13-/m1/s1. The van der Waals surface area contributed by atoms with Crippen LogP contribution in [0.25, 0.3) is 0 Å². The number of amides is 1. The van der Waals surface area contributed by atoms with Crippen molar-refractivity contribution in [2.24, 2.45) is 5.92 Å². The van der Waals surface area contributed by atoms with Crippen LogP contribution in [0.3, 0.4) is 0 Å². The smallest absolute Gasteiger partial charge is 0.251 e. The van der Waals surface area contributed by atoms with Gasteiger partial charge in [0.25, 0.3) is 5.91 Å². The molecule has 1 N–H and O–H groups in total. The van der Waals surface area contributed by atoms with Crippen LogP contribution in [0.2, 0.25) is 0 Å². The van der Waals surface area contributed by atoms with Crippen molar-refractivity contribution in [2.45, 2.75) is 25.3 Å². The first kappa shape index (κ1) is 16.0. The molecule has 1 aromatic rings. The highest BCUT2D eigenvalue weighted by Gasteiger charge is 2.24. The van der Waals surface area contributed by atoms with E-state index in [1.54, 1.807) is 0 Å². The molecule has 3 rings (SSSR count). The van der Waals surface area contributed by atoms with Crippen LogP contribution in [0.15, 0.2) is 28.7 Å². The average Bonchev–Trinajstić information content (AvgIpc) is 3.02. The lowest BCUT2D eigenvalue weighted by Crippen LogP contribution is -2.45. The maximum absolute atomic E-state index is 12.3. The lowest BCUT2D eigenvalue weighted by Gasteiger charge is -2.33. The van der Waals surface area contributed by atoms with E-state index in [1.165, 1.54) is 6.42 Å². The van der Waals surface area contributed by atoms with Gasteiger partial charge in [0.15, 0.2) is 0 Å². The number of carbonyl (C=O) groups is 1. The summed E-state index contributed by atoms with van der Waals surface area (Å²) in [5.41, 5.74) is 0.722. The number of nitrogens with zero attached hydrogens (tertiary/aromatic N) is 1. The second kappa shape index (κ2) is 7.57. The summed E-state index contributed by atoms with van der Waals surface area (Å²) >= 11 is 3.41. The topological polar surface area (TPSA) is 41.6 Å². The normalized spacial score (nSPS) is 23.6. The first-order valence-corrected chi connectivity index (χ1v) is 8.86. The minimum absolute atomic E-state index is 0.0314. The number of piperidine rings is 1. The molecular weight excluding hydrogens is 344 g/mol. The summed E-state index contributed by atoms with van der Waals surface area (Å²) in [4.78, 5) is 14.8. The number of halogens is 1. The van der Waals surface area contributed by atoms with Crippen LogP contribution in [0.4, 0.5) is 0 Å². The molecule has 2 aliphatic heterocycles. The van der Waals surface area contributed by atoms with E-state index >= 15 is 0 Å². The Kier molecular flexibility index (Phi) is 5.50. The minimum Gasteiger partial charge on any atom is -0.381 e. The minimum atomic E-state index is 0.0314. The van der Waals surface area contributed by atoms with Crippen molar-refractivity contribution in [3.8, 4) is 0 Å². The van der Waals surface area contributed by atoms with Crippen LogP contribution in [0.5, 0.6) is 0 Å². The molecule has 22 heavy (non-hydrogen) atoms. The Morgan fingerprint density at radius 3 is 2.82 bits per heavy atom.